The summed E-state index contributed by atoms with van der Waals surface area (Å²) in [5, 5.41) is 10.0. The molecule has 0 aliphatic heterocycles. The van der Waals surface area contributed by atoms with E-state index in [9.17, 15) is 5.11 Å². The lowest BCUT2D eigenvalue weighted by molar-refractivity contribution is -0.137. The van der Waals surface area contributed by atoms with Crippen molar-refractivity contribution >= 4 is 0 Å². The highest BCUT2D eigenvalue weighted by molar-refractivity contribution is 4.60. The summed E-state index contributed by atoms with van der Waals surface area (Å²) in [6.07, 6.45) is 14.4. The monoisotopic (exact) mass is 286 g/mol. The van der Waals surface area contributed by atoms with E-state index in [1.165, 1.54) is 57.8 Å². The summed E-state index contributed by atoms with van der Waals surface area (Å²) in [5.41, 5.74) is 0. The van der Waals surface area contributed by atoms with E-state index in [2.05, 4.69) is 20.8 Å². The summed E-state index contributed by atoms with van der Waals surface area (Å²) in [5.74, 6) is 0.323. The van der Waals surface area contributed by atoms with E-state index < -0.39 is 6.29 Å². The van der Waals surface area contributed by atoms with E-state index in [0.717, 1.165) is 25.9 Å². The van der Waals surface area contributed by atoms with Crippen LogP contribution < -0.4 is 0 Å². The first-order valence-electron chi connectivity index (χ1n) is 9.05. The molecule has 2 nitrogen and oxygen atoms in total. The molecule has 0 saturated carbocycles. The fourth-order valence-corrected chi connectivity index (χ4v) is 2.59. The van der Waals surface area contributed by atoms with Gasteiger partial charge in [-0.3, -0.25) is 0 Å². The Morgan fingerprint density at radius 3 is 1.85 bits per heavy atom. The molecule has 0 fully saturated rings. The van der Waals surface area contributed by atoms with Gasteiger partial charge in [0.05, 0.1) is 0 Å². The Balaban J connectivity index is 3.39. The van der Waals surface area contributed by atoms with Gasteiger partial charge in [-0.25, -0.2) is 0 Å². The van der Waals surface area contributed by atoms with Gasteiger partial charge in [0.2, 0.25) is 0 Å². The van der Waals surface area contributed by atoms with Crippen molar-refractivity contribution in [1.29, 1.82) is 0 Å². The van der Waals surface area contributed by atoms with Gasteiger partial charge < -0.3 is 9.84 Å². The second kappa shape index (κ2) is 15.3. The van der Waals surface area contributed by atoms with Crippen molar-refractivity contribution in [3.05, 3.63) is 0 Å². The summed E-state index contributed by atoms with van der Waals surface area (Å²) in [6.45, 7) is 7.31. The predicted octanol–water partition coefficient (Wildman–Crippen LogP) is 5.68. The van der Waals surface area contributed by atoms with Crippen molar-refractivity contribution in [2.24, 2.45) is 5.92 Å². The average Bonchev–Trinajstić information content (AvgIpc) is 2.46. The Bertz CT molecular complexity index is 182. The molecular formula is C18H38O2. The van der Waals surface area contributed by atoms with Crippen LogP contribution >= 0.6 is 0 Å². The molecule has 0 rings (SSSR count). The normalized spacial score (nSPS) is 14.4. The van der Waals surface area contributed by atoms with Crippen molar-refractivity contribution in [3.63, 3.8) is 0 Å². The first-order valence-corrected chi connectivity index (χ1v) is 9.05. The summed E-state index contributed by atoms with van der Waals surface area (Å²) >= 11 is 0. The van der Waals surface area contributed by atoms with Crippen LogP contribution in [0.2, 0.25) is 0 Å². The molecule has 0 radical (unpaired) electrons. The predicted molar refractivity (Wildman–Crippen MR) is 87.9 cm³/mol. The lowest BCUT2D eigenvalue weighted by Gasteiger charge is -2.21. The standard InChI is InChI=1S/C18H38O2/c1-4-7-9-10-11-12-13-14-16-20-18(19)17(6-3)15-8-5-2/h17-19H,4-16H2,1-3H3. The zero-order valence-corrected chi connectivity index (χ0v) is 14.2. The van der Waals surface area contributed by atoms with E-state index in [1.807, 2.05) is 0 Å². The molecule has 20 heavy (non-hydrogen) atoms. The van der Waals surface area contributed by atoms with E-state index in [-0.39, 0.29) is 0 Å². The minimum absolute atomic E-state index is 0.323. The third-order valence-corrected chi connectivity index (χ3v) is 4.14. The first-order chi connectivity index (χ1) is 9.76. The van der Waals surface area contributed by atoms with Crippen molar-refractivity contribution in [2.75, 3.05) is 6.61 Å². The van der Waals surface area contributed by atoms with Gasteiger partial charge >= 0.3 is 0 Å². The average molecular weight is 287 g/mol. The summed E-state index contributed by atoms with van der Waals surface area (Å²) in [6, 6.07) is 0. The molecule has 122 valence electrons. The molecule has 0 aromatic carbocycles. The Hall–Kier alpha value is -0.0800. The molecule has 0 spiro atoms. The van der Waals surface area contributed by atoms with Gasteiger partial charge in [0.15, 0.2) is 6.29 Å². The lowest BCUT2D eigenvalue weighted by Crippen LogP contribution is -2.23. The van der Waals surface area contributed by atoms with E-state index in [1.54, 1.807) is 0 Å². The molecule has 0 saturated heterocycles. The van der Waals surface area contributed by atoms with Gasteiger partial charge in [-0.05, 0) is 19.3 Å². The second-order valence-electron chi connectivity index (χ2n) is 6.05. The number of hydrogen-bond acceptors (Lipinski definition) is 2. The largest absolute Gasteiger partial charge is 0.368 e. The van der Waals surface area contributed by atoms with Crippen LogP contribution in [0.15, 0.2) is 0 Å². The topological polar surface area (TPSA) is 29.5 Å². The molecule has 2 unspecified atom stereocenters. The van der Waals surface area contributed by atoms with Crippen molar-refractivity contribution < 1.29 is 9.84 Å². The van der Waals surface area contributed by atoms with Crippen LogP contribution in [0.4, 0.5) is 0 Å². The fourth-order valence-electron chi connectivity index (χ4n) is 2.59. The molecule has 0 aromatic rings. The minimum Gasteiger partial charge on any atom is -0.368 e. The molecule has 1 N–H and O–H groups in total. The maximum atomic E-state index is 10.0. The van der Waals surface area contributed by atoms with Gasteiger partial charge in [0, 0.05) is 12.5 Å². The summed E-state index contributed by atoms with van der Waals surface area (Å²) in [4.78, 5) is 0. The highest BCUT2D eigenvalue weighted by Crippen LogP contribution is 2.18. The third kappa shape index (κ3) is 11.7. The van der Waals surface area contributed by atoms with Crippen molar-refractivity contribution in [1.82, 2.24) is 0 Å². The van der Waals surface area contributed by atoms with E-state index in [4.69, 9.17) is 4.74 Å². The lowest BCUT2D eigenvalue weighted by atomic mass is 9.99. The van der Waals surface area contributed by atoms with Crippen LogP contribution in [0.3, 0.4) is 0 Å². The number of aliphatic hydroxyl groups excluding tert-OH is 1. The van der Waals surface area contributed by atoms with Gasteiger partial charge in [0.1, 0.15) is 0 Å². The quantitative estimate of drug-likeness (QED) is 0.310. The zero-order valence-electron chi connectivity index (χ0n) is 14.2. The van der Waals surface area contributed by atoms with Crippen LogP contribution in [0, 0.1) is 5.92 Å². The van der Waals surface area contributed by atoms with E-state index >= 15 is 0 Å². The molecule has 0 amide bonds. The first kappa shape index (κ1) is 19.9. The minimum atomic E-state index is -0.545. The van der Waals surface area contributed by atoms with Gasteiger partial charge in [-0.1, -0.05) is 78.6 Å². The Morgan fingerprint density at radius 2 is 1.30 bits per heavy atom. The summed E-state index contributed by atoms with van der Waals surface area (Å²) in [7, 11) is 0. The number of hydrogen-bond donors (Lipinski definition) is 1. The number of ether oxygens (including phenoxy) is 1. The molecule has 2 atom stereocenters. The molecule has 2 heteroatoms. The molecule has 0 aliphatic carbocycles. The van der Waals surface area contributed by atoms with Gasteiger partial charge in [-0.15, -0.1) is 0 Å². The van der Waals surface area contributed by atoms with Crippen molar-refractivity contribution in [3.8, 4) is 0 Å². The van der Waals surface area contributed by atoms with Gasteiger partial charge in [0.25, 0.3) is 0 Å². The zero-order chi connectivity index (χ0) is 15.1. The van der Waals surface area contributed by atoms with E-state index in [0.29, 0.717) is 5.92 Å². The molecular weight excluding hydrogens is 248 g/mol. The molecule has 0 aliphatic rings. The summed E-state index contributed by atoms with van der Waals surface area (Å²) < 4.78 is 5.59. The number of unbranched alkanes of at least 4 members (excludes halogenated alkanes) is 8. The number of rotatable bonds is 15. The SMILES string of the molecule is CCCCCCCCCCOC(O)C(CC)CCCC. The van der Waals surface area contributed by atoms with Gasteiger partial charge in [-0.2, -0.15) is 0 Å². The second-order valence-corrected chi connectivity index (χ2v) is 6.05. The van der Waals surface area contributed by atoms with Crippen LogP contribution in [0.1, 0.15) is 97.8 Å². The molecule has 0 aromatic heterocycles. The third-order valence-electron chi connectivity index (χ3n) is 4.14. The van der Waals surface area contributed by atoms with Crippen LogP contribution in [0.25, 0.3) is 0 Å². The smallest absolute Gasteiger partial charge is 0.157 e. The van der Waals surface area contributed by atoms with Crippen LogP contribution in [0.5, 0.6) is 0 Å². The molecule has 0 heterocycles. The fraction of sp³-hybridized carbons (Fsp3) is 1.00. The van der Waals surface area contributed by atoms with Crippen LogP contribution in [-0.4, -0.2) is 18.0 Å². The Morgan fingerprint density at radius 1 is 0.750 bits per heavy atom. The molecule has 0 bridgehead atoms. The maximum Gasteiger partial charge on any atom is 0.157 e. The maximum absolute atomic E-state index is 10.0. The Labute approximate surface area is 127 Å². The van der Waals surface area contributed by atoms with Crippen LogP contribution in [-0.2, 0) is 4.74 Å². The number of aliphatic hydroxyl groups is 1. The highest BCUT2D eigenvalue weighted by atomic mass is 16.6. The van der Waals surface area contributed by atoms with Crippen molar-refractivity contribution in [2.45, 2.75) is 104 Å². The Kier molecular flexibility index (Phi) is 15.3. The highest BCUT2D eigenvalue weighted by Gasteiger charge is 2.16.